The average molecular weight is 273 g/mol. The fourth-order valence-electron chi connectivity index (χ4n) is 1.72. The van der Waals surface area contributed by atoms with E-state index in [2.05, 4.69) is 0 Å². The van der Waals surface area contributed by atoms with Gasteiger partial charge in [-0.15, -0.1) is 0 Å². The van der Waals surface area contributed by atoms with Crippen molar-refractivity contribution in [3.8, 4) is 17.2 Å². The molecular formula is C15H15NO2S. The molecule has 0 amide bonds. The highest BCUT2D eigenvalue weighted by atomic mass is 32.1. The summed E-state index contributed by atoms with van der Waals surface area (Å²) in [6, 6.07) is 13.1. The minimum atomic E-state index is 0.321. The zero-order valence-corrected chi connectivity index (χ0v) is 11.7. The summed E-state index contributed by atoms with van der Waals surface area (Å²) in [5.41, 5.74) is 7.54. The Kier molecular flexibility index (Phi) is 4.02. The van der Waals surface area contributed by atoms with Crippen molar-refractivity contribution in [2.75, 3.05) is 7.11 Å². The molecule has 2 aromatic carbocycles. The maximum Gasteiger partial charge on any atom is 0.137 e. The van der Waals surface area contributed by atoms with Crippen LogP contribution >= 0.6 is 12.2 Å². The summed E-state index contributed by atoms with van der Waals surface area (Å²) in [5.74, 6) is 2.06. The predicted molar refractivity (Wildman–Crippen MR) is 80.1 cm³/mol. The standard InChI is InChI=1S/C15H15NO2S/c1-10-6-7-14(13(8-10)15(16)19)18-12-5-3-4-11(9-12)17-2/h3-9H,1-2H3,(H2,16,19). The topological polar surface area (TPSA) is 44.5 Å². The Balaban J connectivity index is 2.34. The summed E-state index contributed by atoms with van der Waals surface area (Å²) in [4.78, 5) is 0.321. The van der Waals surface area contributed by atoms with Gasteiger partial charge in [-0.05, 0) is 31.2 Å². The number of ether oxygens (including phenoxy) is 2. The molecule has 0 heterocycles. The van der Waals surface area contributed by atoms with Gasteiger partial charge >= 0.3 is 0 Å². The lowest BCUT2D eigenvalue weighted by atomic mass is 10.1. The fourth-order valence-corrected chi connectivity index (χ4v) is 1.88. The minimum Gasteiger partial charge on any atom is -0.497 e. The van der Waals surface area contributed by atoms with Crippen molar-refractivity contribution in [2.45, 2.75) is 6.92 Å². The number of benzene rings is 2. The lowest BCUT2D eigenvalue weighted by Crippen LogP contribution is -2.11. The molecule has 2 rings (SSSR count). The van der Waals surface area contributed by atoms with Crippen LogP contribution in [-0.4, -0.2) is 12.1 Å². The largest absolute Gasteiger partial charge is 0.497 e. The number of hydrogen-bond donors (Lipinski definition) is 1. The highest BCUT2D eigenvalue weighted by molar-refractivity contribution is 7.80. The van der Waals surface area contributed by atoms with Crippen molar-refractivity contribution in [1.82, 2.24) is 0 Å². The summed E-state index contributed by atoms with van der Waals surface area (Å²) in [6.45, 7) is 1.98. The minimum absolute atomic E-state index is 0.321. The van der Waals surface area contributed by atoms with Gasteiger partial charge in [0.2, 0.25) is 0 Å². The monoisotopic (exact) mass is 273 g/mol. The molecule has 0 saturated heterocycles. The van der Waals surface area contributed by atoms with Crippen LogP contribution in [0.25, 0.3) is 0 Å². The van der Waals surface area contributed by atoms with E-state index in [1.807, 2.05) is 49.4 Å². The molecular weight excluding hydrogens is 258 g/mol. The Morgan fingerprint density at radius 3 is 2.53 bits per heavy atom. The Hall–Kier alpha value is -2.07. The van der Waals surface area contributed by atoms with Crippen molar-refractivity contribution in [1.29, 1.82) is 0 Å². The first-order valence-corrected chi connectivity index (χ1v) is 6.23. The van der Waals surface area contributed by atoms with E-state index in [0.29, 0.717) is 16.5 Å². The van der Waals surface area contributed by atoms with E-state index in [1.54, 1.807) is 7.11 Å². The first-order valence-electron chi connectivity index (χ1n) is 5.82. The normalized spacial score (nSPS) is 10.0. The molecule has 3 nitrogen and oxygen atoms in total. The van der Waals surface area contributed by atoms with E-state index in [4.69, 9.17) is 27.4 Å². The summed E-state index contributed by atoms with van der Waals surface area (Å²) in [6.07, 6.45) is 0. The highest BCUT2D eigenvalue weighted by Crippen LogP contribution is 2.28. The van der Waals surface area contributed by atoms with E-state index < -0.39 is 0 Å². The number of nitrogens with two attached hydrogens (primary N) is 1. The molecule has 0 spiro atoms. The van der Waals surface area contributed by atoms with Crippen molar-refractivity contribution >= 4 is 17.2 Å². The second kappa shape index (κ2) is 5.71. The van der Waals surface area contributed by atoms with E-state index in [-0.39, 0.29) is 0 Å². The number of aryl methyl sites for hydroxylation is 1. The molecule has 0 aliphatic rings. The molecule has 19 heavy (non-hydrogen) atoms. The van der Waals surface area contributed by atoms with Gasteiger partial charge in [-0.25, -0.2) is 0 Å². The van der Waals surface area contributed by atoms with Gasteiger partial charge in [-0.2, -0.15) is 0 Å². The molecule has 4 heteroatoms. The number of rotatable bonds is 4. The van der Waals surface area contributed by atoms with Gasteiger partial charge in [0.05, 0.1) is 12.7 Å². The molecule has 0 saturated carbocycles. The molecule has 0 bridgehead atoms. The molecule has 98 valence electrons. The highest BCUT2D eigenvalue weighted by Gasteiger charge is 2.08. The van der Waals surface area contributed by atoms with Crippen LogP contribution < -0.4 is 15.2 Å². The molecule has 2 aromatic rings. The van der Waals surface area contributed by atoms with Gasteiger partial charge in [0.1, 0.15) is 22.2 Å². The zero-order chi connectivity index (χ0) is 13.8. The van der Waals surface area contributed by atoms with Crippen molar-refractivity contribution in [3.63, 3.8) is 0 Å². The number of hydrogen-bond acceptors (Lipinski definition) is 3. The van der Waals surface area contributed by atoms with E-state index >= 15 is 0 Å². The summed E-state index contributed by atoms with van der Waals surface area (Å²) in [7, 11) is 1.62. The van der Waals surface area contributed by atoms with Crippen LogP contribution in [0.3, 0.4) is 0 Å². The summed E-state index contributed by atoms with van der Waals surface area (Å²) in [5, 5.41) is 0. The van der Waals surface area contributed by atoms with Gasteiger partial charge in [0.15, 0.2) is 0 Å². The molecule has 0 atom stereocenters. The second-order valence-electron chi connectivity index (χ2n) is 4.14. The van der Waals surface area contributed by atoms with Crippen molar-refractivity contribution in [3.05, 3.63) is 53.6 Å². The molecule has 0 fully saturated rings. The Labute approximate surface area is 118 Å². The van der Waals surface area contributed by atoms with E-state index in [1.165, 1.54) is 0 Å². The van der Waals surface area contributed by atoms with Gasteiger partial charge in [0.25, 0.3) is 0 Å². The molecule has 0 aliphatic heterocycles. The molecule has 0 unspecified atom stereocenters. The second-order valence-corrected chi connectivity index (χ2v) is 4.58. The maximum atomic E-state index is 5.82. The first-order chi connectivity index (χ1) is 9.10. The molecule has 2 N–H and O–H groups in total. The summed E-state index contributed by atoms with van der Waals surface area (Å²) >= 11 is 5.05. The van der Waals surface area contributed by atoms with Crippen LogP contribution in [0.1, 0.15) is 11.1 Å². The van der Waals surface area contributed by atoms with Crippen molar-refractivity contribution in [2.24, 2.45) is 5.73 Å². The van der Waals surface area contributed by atoms with Crippen LogP contribution in [0.15, 0.2) is 42.5 Å². The van der Waals surface area contributed by atoms with Crippen LogP contribution in [-0.2, 0) is 0 Å². The van der Waals surface area contributed by atoms with Crippen LogP contribution in [0.5, 0.6) is 17.2 Å². The van der Waals surface area contributed by atoms with Crippen LogP contribution in [0, 0.1) is 6.92 Å². The third-order valence-electron chi connectivity index (χ3n) is 2.67. The summed E-state index contributed by atoms with van der Waals surface area (Å²) < 4.78 is 11.0. The smallest absolute Gasteiger partial charge is 0.137 e. The van der Waals surface area contributed by atoms with Crippen LogP contribution in [0.4, 0.5) is 0 Å². The Morgan fingerprint density at radius 2 is 1.84 bits per heavy atom. The molecule has 0 radical (unpaired) electrons. The SMILES string of the molecule is COc1cccc(Oc2ccc(C)cc2C(N)=S)c1. The van der Waals surface area contributed by atoms with E-state index in [9.17, 15) is 0 Å². The quantitative estimate of drug-likeness (QED) is 0.867. The van der Waals surface area contributed by atoms with Gasteiger partial charge in [-0.3, -0.25) is 0 Å². The molecule has 0 aromatic heterocycles. The third-order valence-corrected chi connectivity index (χ3v) is 2.89. The van der Waals surface area contributed by atoms with Gasteiger partial charge < -0.3 is 15.2 Å². The number of methoxy groups -OCH3 is 1. The molecule has 0 aliphatic carbocycles. The fraction of sp³-hybridized carbons (Fsp3) is 0.133. The first kappa shape index (κ1) is 13.4. The Bertz CT molecular complexity index is 611. The predicted octanol–water partition coefficient (Wildman–Crippen LogP) is 3.43. The van der Waals surface area contributed by atoms with Crippen LogP contribution in [0.2, 0.25) is 0 Å². The van der Waals surface area contributed by atoms with Crippen molar-refractivity contribution < 1.29 is 9.47 Å². The zero-order valence-electron chi connectivity index (χ0n) is 10.8. The Morgan fingerprint density at radius 1 is 1.11 bits per heavy atom. The van der Waals surface area contributed by atoms with Gasteiger partial charge in [-0.1, -0.05) is 29.9 Å². The average Bonchev–Trinajstić information content (AvgIpc) is 2.41. The van der Waals surface area contributed by atoms with E-state index in [0.717, 1.165) is 16.9 Å². The number of thiocarbonyl (C=S) groups is 1. The lowest BCUT2D eigenvalue weighted by Gasteiger charge is -2.11. The third kappa shape index (κ3) is 3.23. The van der Waals surface area contributed by atoms with Gasteiger partial charge in [0, 0.05) is 6.07 Å². The maximum absolute atomic E-state index is 5.82. The lowest BCUT2D eigenvalue weighted by molar-refractivity contribution is 0.409.